The van der Waals surface area contributed by atoms with Crippen LogP contribution in [-0.2, 0) is 4.79 Å². The third-order valence-electron chi connectivity index (χ3n) is 3.71. The summed E-state index contributed by atoms with van der Waals surface area (Å²) in [6.45, 7) is 3.84. The van der Waals surface area contributed by atoms with Gasteiger partial charge in [0.2, 0.25) is 5.91 Å². The number of para-hydroxylation sites is 1. The van der Waals surface area contributed by atoms with Gasteiger partial charge in [-0.15, -0.1) is 0 Å². The van der Waals surface area contributed by atoms with E-state index in [9.17, 15) is 14.0 Å². The normalized spacial score (nSPS) is 11.5. The summed E-state index contributed by atoms with van der Waals surface area (Å²) in [6, 6.07) is 12.9. The topological polar surface area (TPSA) is 70.2 Å². The molecule has 0 fully saturated rings. The summed E-state index contributed by atoms with van der Waals surface area (Å²) in [6.07, 6.45) is 0.837. The van der Waals surface area contributed by atoms with Crippen LogP contribution in [0.15, 0.2) is 48.5 Å². The summed E-state index contributed by atoms with van der Waals surface area (Å²) >= 11 is 0. The molecule has 2 amide bonds. The Labute approximate surface area is 146 Å². The Balaban J connectivity index is 1.93. The van der Waals surface area contributed by atoms with Crippen LogP contribution in [0.1, 0.15) is 30.6 Å². The molecule has 0 aliphatic heterocycles. The van der Waals surface area contributed by atoms with E-state index in [1.54, 1.807) is 42.5 Å². The minimum atomic E-state index is -0.418. The van der Waals surface area contributed by atoms with Gasteiger partial charge in [-0.1, -0.05) is 25.1 Å². The van der Waals surface area contributed by atoms with Crippen molar-refractivity contribution in [1.82, 2.24) is 5.32 Å². The van der Waals surface area contributed by atoms with E-state index in [1.165, 1.54) is 6.07 Å². The van der Waals surface area contributed by atoms with E-state index >= 15 is 0 Å². The van der Waals surface area contributed by atoms with E-state index < -0.39 is 5.82 Å². The SMILES string of the molecule is CCC(C)NC(=O)c1cccc(NC(=O)CNc2ccccc2F)c1. The average Bonchev–Trinajstić information content (AvgIpc) is 2.61. The van der Waals surface area contributed by atoms with Gasteiger partial charge in [0.25, 0.3) is 5.91 Å². The molecule has 2 aromatic carbocycles. The number of nitrogens with one attached hydrogen (secondary N) is 3. The fourth-order valence-electron chi connectivity index (χ4n) is 2.13. The van der Waals surface area contributed by atoms with Crippen LogP contribution in [0.3, 0.4) is 0 Å². The van der Waals surface area contributed by atoms with Gasteiger partial charge < -0.3 is 16.0 Å². The van der Waals surface area contributed by atoms with Crippen LogP contribution in [0.5, 0.6) is 0 Å². The zero-order valence-electron chi connectivity index (χ0n) is 14.3. The number of benzene rings is 2. The predicted molar refractivity (Wildman–Crippen MR) is 97.2 cm³/mol. The number of amides is 2. The molecule has 2 rings (SSSR count). The lowest BCUT2D eigenvalue weighted by Gasteiger charge is -2.12. The summed E-state index contributed by atoms with van der Waals surface area (Å²) < 4.78 is 13.5. The van der Waals surface area contributed by atoms with Gasteiger partial charge in [-0.25, -0.2) is 4.39 Å². The first kappa shape index (κ1) is 18.4. The Morgan fingerprint density at radius 3 is 2.60 bits per heavy atom. The maximum atomic E-state index is 13.5. The molecule has 0 aromatic heterocycles. The van der Waals surface area contributed by atoms with Crippen LogP contribution >= 0.6 is 0 Å². The van der Waals surface area contributed by atoms with Crippen LogP contribution in [-0.4, -0.2) is 24.4 Å². The minimum Gasteiger partial charge on any atom is -0.374 e. The third kappa shape index (κ3) is 5.60. The molecule has 0 heterocycles. The predicted octanol–water partition coefficient (Wildman–Crippen LogP) is 3.40. The molecule has 0 aliphatic carbocycles. The molecule has 0 radical (unpaired) electrons. The molecule has 25 heavy (non-hydrogen) atoms. The van der Waals surface area contributed by atoms with Crippen LogP contribution in [0.25, 0.3) is 0 Å². The molecule has 6 heteroatoms. The second-order valence-corrected chi connectivity index (χ2v) is 5.75. The summed E-state index contributed by atoms with van der Waals surface area (Å²) in [5.41, 5.74) is 1.25. The fraction of sp³-hybridized carbons (Fsp3) is 0.263. The van der Waals surface area contributed by atoms with Crippen molar-refractivity contribution in [2.24, 2.45) is 0 Å². The lowest BCUT2D eigenvalue weighted by molar-refractivity contribution is -0.114. The average molecular weight is 343 g/mol. The van der Waals surface area contributed by atoms with Crippen molar-refractivity contribution in [1.29, 1.82) is 0 Å². The number of halogens is 1. The zero-order chi connectivity index (χ0) is 18.2. The maximum absolute atomic E-state index is 13.5. The number of anilines is 2. The van der Waals surface area contributed by atoms with E-state index in [4.69, 9.17) is 0 Å². The van der Waals surface area contributed by atoms with Gasteiger partial charge in [0.15, 0.2) is 0 Å². The lowest BCUT2D eigenvalue weighted by Crippen LogP contribution is -2.32. The molecular weight excluding hydrogens is 321 g/mol. The molecule has 0 saturated heterocycles. The monoisotopic (exact) mass is 343 g/mol. The Hall–Kier alpha value is -2.89. The van der Waals surface area contributed by atoms with Crippen molar-refractivity contribution in [2.45, 2.75) is 26.3 Å². The Bertz CT molecular complexity index is 749. The van der Waals surface area contributed by atoms with Crippen molar-refractivity contribution in [2.75, 3.05) is 17.2 Å². The molecule has 1 unspecified atom stereocenters. The van der Waals surface area contributed by atoms with E-state index in [1.807, 2.05) is 13.8 Å². The maximum Gasteiger partial charge on any atom is 0.251 e. The van der Waals surface area contributed by atoms with Crippen LogP contribution in [0.2, 0.25) is 0 Å². The van der Waals surface area contributed by atoms with Gasteiger partial charge in [-0.05, 0) is 43.7 Å². The molecule has 132 valence electrons. The van der Waals surface area contributed by atoms with Crippen molar-refractivity contribution < 1.29 is 14.0 Å². The van der Waals surface area contributed by atoms with Crippen molar-refractivity contribution >= 4 is 23.2 Å². The first-order valence-electron chi connectivity index (χ1n) is 8.18. The summed E-state index contributed by atoms with van der Waals surface area (Å²) in [5.74, 6) is -0.934. The van der Waals surface area contributed by atoms with Crippen LogP contribution in [0, 0.1) is 5.82 Å². The van der Waals surface area contributed by atoms with Gasteiger partial charge in [0.1, 0.15) is 5.82 Å². The molecule has 0 bridgehead atoms. The van der Waals surface area contributed by atoms with E-state index in [2.05, 4.69) is 16.0 Å². The summed E-state index contributed by atoms with van der Waals surface area (Å²) in [7, 11) is 0. The third-order valence-corrected chi connectivity index (χ3v) is 3.71. The van der Waals surface area contributed by atoms with Crippen LogP contribution < -0.4 is 16.0 Å². The van der Waals surface area contributed by atoms with E-state index in [-0.39, 0.29) is 30.1 Å². The second kappa shape index (κ2) is 8.82. The zero-order valence-corrected chi connectivity index (χ0v) is 14.3. The highest BCUT2D eigenvalue weighted by atomic mass is 19.1. The molecule has 1 atom stereocenters. The van der Waals surface area contributed by atoms with Crippen molar-refractivity contribution in [3.8, 4) is 0 Å². The molecule has 0 spiro atoms. The van der Waals surface area contributed by atoms with E-state index in [0.29, 0.717) is 11.3 Å². The van der Waals surface area contributed by atoms with Gasteiger partial charge in [0.05, 0.1) is 12.2 Å². The van der Waals surface area contributed by atoms with Crippen molar-refractivity contribution in [3.63, 3.8) is 0 Å². The lowest BCUT2D eigenvalue weighted by atomic mass is 10.1. The highest BCUT2D eigenvalue weighted by Gasteiger charge is 2.10. The van der Waals surface area contributed by atoms with Gasteiger partial charge in [-0.2, -0.15) is 0 Å². The minimum absolute atomic E-state index is 0.0791. The Kier molecular flexibility index (Phi) is 6.51. The Morgan fingerprint density at radius 2 is 1.88 bits per heavy atom. The fourth-order valence-corrected chi connectivity index (χ4v) is 2.13. The molecular formula is C19H22FN3O2. The highest BCUT2D eigenvalue weighted by molar-refractivity contribution is 5.98. The first-order valence-corrected chi connectivity index (χ1v) is 8.18. The molecule has 2 aromatic rings. The van der Waals surface area contributed by atoms with Gasteiger partial charge in [-0.3, -0.25) is 9.59 Å². The van der Waals surface area contributed by atoms with Gasteiger partial charge >= 0.3 is 0 Å². The Morgan fingerprint density at radius 1 is 1.12 bits per heavy atom. The smallest absolute Gasteiger partial charge is 0.251 e. The number of hydrogen-bond donors (Lipinski definition) is 3. The number of rotatable bonds is 7. The molecule has 0 aliphatic rings. The van der Waals surface area contributed by atoms with Crippen LogP contribution in [0.4, 0.5) is 15.8 Å². The number of hydrogen-bond acceptors (Lipinski definition) is 3. The second-order valence-electron chi connectivity index (χ2n) is 5.75. The largest absolute Gasteiger partial charge is 0.374 e. The van der Waals surface area contributed by atoms with Gasteiger partial charge in [0, 0.05) is 17.3 Å². The molecule has 5 nitrogen and oxygen atoms in total. The summed E-state index contributed by atoms with van der Waals surface area (Å²) in [4.78, 5) is 24.1. The van der Waals surface area contributed by atoms with E-state index in [0.717, 1.165) is 6.42 Å². The first-order chi connectivity index (χ1) is 12.0. The van der Waals surface area contributed by atoms with Crippen molar-refractivity contribution in [3.05, 3.63) is 59.9 Å². The summed E-state index contributed by atoms with van der Waals surface area (Å²) in [5, 5.41) is 8.30. The highest BCUT2D eigenvalue weighted by Crippen LogP contribution is 2.13. The standard InChI is InChI=1S/C19H22FN3O2/c1-3-13(2)22-19(25)14-7-6-8-15(11-14)23-18(24)12-21-17-10-5-4-9-16(17)20/h4-11,13,21H,3,12H2,1-2H3,(H,22,25)(H,23,24). The number of carbonyl (C=O) groups excluding carboxylic acids is 2. The quantitative estimate of drug-likeness (QED) is 0.721. The molecule has 3 N–H and O–H groups in total. The number of carbonyl (C=O) groups is 2. The molecule has 0 saturated carbocycles.